The van der Waals surface area contributed by atoms with Crippen LogP contribution >= 0.6 is 0 Å². The minimum atomic E-state index is -4.90. The highest BCUT2D eigenvalue weighted by Gasteiger charge is 2.32. The van der Waals surface area contributed by atoms with Crippen LogP contribution in [-0.2, 0) is 17.8 Å². The molecule has 0 aliphatic rings. The highest BCUT2D eigenvalue weighted by Crippen LogP contribution is 2.32. The topological polar surface area (TPSA) is 102 Å². The molecule has 4 N–H and O–H groups in total. The van der Waals surface area contributed by atoms with Crippen molar-refractivity contribution in [3.05, 3.63) is 83.4 Å². The zero-order chi connectivity index (χ0) is 24.0. The maximum atomic E-state index is 12.9. The van der Waals surface area contributed by atoms with Crippen molar-refractivity contribution in [2.45, 2.75) is 25.4 Å². The first-order valence-corrected chi connectivity index (χ1v) is 9.94. The van der Waals surface area contributed by atoms with Gasteiger partial charge in [0.25, 0.3) is 0 Å². The number of rotatable bonds is 9. The molecule has 0 saturated heterocycles. The third-order valence-corrected chi connectivity index (χ3v) is 4.83. The Bertz CT molecular complexity index is 1120. The fraction of sp³-hybridized carbons (Fsp3) is 0.208. The van der Waals surface area contributed by atoms with Gasteiger partial charge >= 0.3 is 12.3 Å². The van der Waals surface area contributed by atoms with E-state index >= 15 is 0 Å². The number of carboxylic acid groups (broad SMARTS) is 1. The quantitative estimate of drug-likeness (QED) is 0.435. The zero-order valence-corrected chi connectivity index (χ0v) is 17.4. The lowest BCUT2D eigenvalue weighted by atomic mass is 9.98. The number of aliphatic hydroxyl groups excluding tert-OH is 1. The van der Waals surface area contributed by atoms with Crippen molar-refractivity contribution in [3.63, 3.8) is 0 Å². The van der Waals surface area contributed by atoms with Crippen LogP contribution in [0.3, 0.4) is 0 Å². The van der Waals surface area contributed by atoms with Gasteiger partial charge in [-0.3, -0.25) is 4.79 Å². The van der Waals surface area contributed by atoms with E-state index in [1.165, 1.54) is 18.2 Å². The van der Waals surface area contributed by atoms with Gasteiger partial charge in [-0.2, -0.15) is 0 Å². The summed E-state index contributed by atoms with van der Waals surface area (Å²) in [6.07, 6.45) is -5.19. The van der Waals surface area contributed by atoms with E-state index in [9.17, 15) is 23.1 Å². The first kappa shape index (κ1) is 24.1. The van der Waals surface area contributed by atoms with Crippen molar-refractivity contribution in [3.8, 4) is 22.6 Å². The predicted molar refractivity (Wildman–Crippen MR) is 115 cm³/mol. The molecule has 1 unspecified atom stereocenters. The molecule has 3 aromatic rings. The summed E-state index contributed by atoms with van der Waals surface area (Å²) in [4.78, 5) is 11.1. The molecule has 0 amide bonds. The summed E-state index contributed by atoms with van der Waals surface area (Å²) in [5.41, 5.74) is 8.33. The van der Waals surface area contributed by atoms with E-state index in [-0.39, 0.29) is 30.9 Å². The summed E-state index contributed by atoms with van der Waals surface area (Å²) in [7, 11) is 0. The van der Waals surface area contributed by atoms with Crippen molar-refractivity contribution in [2.75, 3.05) is 6.61 Å². The predicted octanol–water partition coefficient (Wildman–Crippen LogP) is 4.45. The summed E-state index contributed by atoms with van der Waals surface area (Å²) >= 11 is 0. The molecule has 9 heteroatoms. The number of para-hydroxylation sites is 1. The number of hydrogen-bond donors (Lipinski definition) is 3. The number of carboxylic acids is 1. The number of alkyl halides is 3. The largest absolute Gasteiger partial charge is 0.573 e. The van der Waals surface area contributed by atoms with E-state index in [2.05, 4.69) is 4.74 Å². The van der Waals surface area contributed by atoms with E-state index in [0.29, 0.717) is 22.3 Å². The maximum absolute atomic E-state index is 12.9. The van der Waals surface area contributed by atoms with Gasteiger partial charge in [-0.25, -0.2) is 0 Å². The summed E-state index contributed by atoms with van der Waals surface area (Å²) in [6, 6.07) is 17.0. The lowest BCUT2D eigenvalue weighted by Gasteiger charge is -2.17. The Morgan fingerprint density at radius 2 is 1.67 bits per heavy atom. The molecule has 0 aromatic heterocycles. The Labute approximate surface area is 188 Å². The van der Waals surface area contributed by atoms with Crippen molar-refractivity contribution in [2.24, 2.45) is 5.73 Å². The lowest BCUT2D eigenvalue weighted by molar-refractivity contribution is -0.275. The average Bonchev–Trinajstić information content (AvgIpc) is 2.77. The molecule has 6 nitrogen and oxygen atoms in total. The second-order valence-corrected chi connectivity index (χ2v) is 7.25. The molecule has 0 bridgehead atoms. The van der Waals surface area contributed by atoms with E-state index in [0.717, 1.165) is 0 Å². The second kappa shape index (κ2) is 10.4. The summed E-state index contributed by atoms with van der Waals surface area (Å²) in [5.74, 6) is -1.24. The molecule has 0 radical (unpaired) electrons. The monoisotopic (exact) mass is 461 g/mol. The Kier molecular flexibility index (Phi) is 7.57. The van der Waals surface area contributed by atoms with Crippen LogP contribution in [0, 0.1) is 0 Å². The number of carbonyl (C=O) groups is 1. The molecule has 0 heterocycles. The molecule has 0 aliphatic carbocycles. The van der Waals surface area contributed by atoms with Crippen LogP contribution in [0.1, 0.15) is 22.7 Å². The SMILES string of the molecule is NC(CO)c1cccc(-c2ccc(OC(F)(F)F)c(COc3ccccc3CC(=O)O)c2)c1. The molecule has 174 valence electrons. The Balaban J connectivity index is 1.94. The number of halogens is 3. The number of hydrogen-bond acceptors (Lipinski definition) is 5. The van der Waals surface area contributed by atoms with E-state index in [4.69, 9.17) is 15.6 Å². The van der Waals surface area contributed by atoms with Crippen LogP contribution in [-0.4, -0.2) is 29.2 Å². The number of benzene rings is 3. The molecule has 0 saturated carbocycles. The highest BCUT2D eigenvalue weighted by molar-refractivity contribution is 5.71. The second-order valence-electron chi connectivity index (χ2n) is 7.25. The van der Waals surface area contributed by atoms with Gasteiger partial charge in [-0.15, -0.1) is 13.2 Å². The van der Waals surface area contributed by atoms with Gasteiger partial charge in [-0.1, -0.05) is 42.5 Å². The summed E-state index contributed by atoms with van der Waals surface area (Å²) < 4.78 is 48.6. The molecule has 3 rings (SSSR count). The Hall–Kier alpha value is -3.56. The third kappa shape index (κ3) is 6.71. The molecule has 3 aromatic carbocycles. The van der Waals surface area contributed by atoms with Crippen LogP contribution in [0.4, 0.5) is 13.2 Å². The minimum Gasteiger partial charge on any atom is -0.488 e. The standard InChI is InChI=1S/C24H22F3NO5/c25-24(26,27)33-22-9-8-16(15-5-3-6-17(10-15)20(28)13-29)11-19(22)14-32-21-7-2-1-4-18(21)12-23(30)31/h1-11,20,29H,12-14,28H2,(H,30,31). The Morgan fingerprint density at radius 1 is 0.939 bits per heavy atom. The van der Waals surface area contributed by atoms with Crippen molar-refractivity contribution in [1.29, 1.82) is 0 Å². The fourth-order valence-corrected chi connectivity index (χ4v) is 3.26. The first-order valence-electron chi connectivity index (χ1n) is 9.94. The number of nitrogens with two attached hydrogens (primary N) is 1. The average molecular weight is 461 g/mol. The number of aliphatic carboxylic acids is 1. The summed E-state index contributed by atoms with van der Waals surface area (Å²) in [5, 5.41) is 18.4. The van der Waals surface area contributed by atoms with Gasteiger partial charge in [0.15, 0.2) is 0 Å². The number of ether oxygens (including phenoxy) is 2. The first-order chi connectivity index (χ1) is 15.7. The van der Waals surface area contributed by atoms with E-state index in [1.54, 1.807) is 48.5 Å². The molecule has 1 atom stereocenters. The Morgan fingerprint density at radius 3 is 2.36 bits per heavy atom. The van der Waals surface area contributed by atoms with Crippen molar-refractivity contribution in [1.82, 2.24) is 0 Å². The normalized spacial score (nSPS) is 12.3. The van der Waals surface area contributed by atoms with Gasteiger partial charge in [0.2, 0.25) is 0 Å². The maximum Gasteiger partial charge on any atom is 0.573 e. The highest BCUT2D eigenvalue weighted by atomic mass is 19.4. The smallest absolute Gasteiger partial charge is 0.488 e. The van der Waals surface area contributed by atoms with Crippen LogP contribution < -0.4 is 15.2 Å². The van der Waals surface area contributed by atoms with Gasteiger partial charge in [0.1, 0.15) is 18.1 Å². The molecule has 0 aliphatic heterocycles. The van der Waals surface area contributed by atoms with Gasteiger partial charge < -0.3 is 25.4 Å². The molecule has 0 spiro atoms. The van der Waals surface area contributed by atoms with Crippen molar-refractivity contribution >= 4 is 5.97 Å². The van der Waals surface area contributed by atoms with Crippen LogP contribution in [0.2, 0.25) is 0 Å². The van der Waals surface area contributed by atoms with E-state index < -0.39 is 24.1 Å². The lowest BCUT2D eigenvalue weighted by Crippen LogP contribution is -2.18. The minimum absolute atomic E-state index is 0.117. The van der Waals surface area contributed by atoms with Gasteiger partial charge in [-0.05, 0) is 41.0 Å². The third-order valence-electron chi connectivity index (χ3n) is 4.83. The van der Waals surface area contributed by atoms with E-state index in [1.807, 2.05) is 0 Å². The summed E-state index contributed by atoms with van der Waals surface area (Å²) in [6.45, 7) is -0.539. The van der Waals surface area contributed by atoms with Crippen LogP contribution in [0.25, 0.3) is 11.1 Å². The van der Waals surface area contributed by atoms with Crippen LogP contribution in [0.5, 0.6) is 11.5 Å². The number of aliphatic hydroxyl groups is 1. The molecule has 0 fully saturated rings. The van der Waals surface area contributed by atoms with Gasteiger partial charge in [0, 0.05) is 11.1 Å². The molecular weight excluding hydrogens is 439 g/mol. The molecule has 33 heavy (non-hydrogen) atoms. The van der Waals surface area contributed by atoms with Crippen LogP contribution in [0.15, 0.2) is 66.7 Å². The fourth-order valence-electron chi connectivity index (χ4n) is 3.26. The zero-order valence-electron chi connectivity index (χ0n) is 17.4. The molecular formula is C24H22F3NO5. The van der Waals surface area contributed by atoms with Gasteiger partial charge in [0.05, 0.1) is 19.1 Å². The van der Waals surface area contributed by atoms with Crippen molar-refractivity contribution < 1.29 is 37.7 Å².